The molecule has 0 saturated carbocycles. The molecule has 7 nitrogen and oxygen atoms in total. The van der Waals surface area contributed by atoms with E-state index in [1.54, 1.807) is 12.4 Å². The largest absolute Gasteiger partial charge is 0.457 e. The normalized spacial score (nSPS) is 11.5. The summed E-state index contributed by atoms with van der Waals surface area (Å²) in [6, 6.07) is 46.7. The van der Waals surface area contributed by atoms with E-state index in [4.69, 9.17) is 19.4 Å². The summed E-state index contributed by atoms with van der Waals surface area (Å²) < 4.78 is 15.1. The van der Waals surface area contributed by atoms with Crippen molar-refractivity contribution >= 4 is 21.8 Å². The molecule has 278 valence electrons. The van der Waals surface area contributed by atoms with Gasteiger partial charge >= 0.3 is 0 Å². The lowest BCUT2D eigenvalue weighted by Gasteiger charge is -2.19. The van der Waals surface area contributed by atoms with E-state index in [0.29, 0.717) is 40.8 Å². The molecule has 0 spiro atoms. The van der Waals surface area contributed by atoms with Gasteiger partial charge in [0.2, 0.25) is 5.95 Å². The maximum atomic E-state index is 6.52. The number of fused-ring (bicyclic) bond motifs is 3. The van der Waals surface area contributed by atoms with Crippen LogP contribution in [0.3, 0.4) is 0 Å². The Hall–Kier alpha value is -7.12. The minimum Gasteiger partial charge on any atom is -0.457 e. The average molecular weight is 744 g/mol. The number of rotatable bonds is 10. The Labute approximate surface area is 332 Å². The fraction of sp³-hybridized carbons (Fsp3) is 0.120. The lowest BCUT2D eigenvalue weighted by Crippen LogP contribution is -2.04. The van der Waals surface area contributed by atoms with Crippen molar-refractivity contribution in [2.24, 2.45) is 0 Å². The Morgan fingerprint density at radius 3 is 1.37 bits per heavy atom. The fourth-order valence-corrected chi connectivity index (χ4v) is 7.55. The van der Waals surface area contributed by atoms with Crippen LogP contribution < -0.4 is 9.47 Å². The summed E-state index contributed by atoms with van der Waals surface area (Å²) in [7, 11) is 0. The molecule has 9 rings (SSSR count). The molecule has 0 unspecified atom stereocenters. The van der Waals surface area contributed by atoms with Crippen molar-refractivity contribution in [3.05, 3.63) is 175 Å². The predicted octanol–water partition coefficient (Wildman–Crippen LogP) is 13.2. The molecule has 0 fully saturated rings. The standard InChI is InChI=1S/C50H41N5O2/c1-32(2)41-16-11-17-42(33(3)4)49(41)36-30-53-50(54-31-36)55-47-28-39(56-37-14-9-12-34(26-37)45-18-5-7-24-51-45)20-22-43(47)44-23-21-40(29-48(44)55)57-38-15-10-13-35(27-38)46-19-6-8-25-52-46/h5-33H,1-4H3. The molecule has 0 bridgehead atoms. The Bertz CT molecular complexity index is 2680. The maximum Gasteiger partial charge on any atom is 0.234 e. The van der Waals surface area contributed by atoms with E-state index in [2.05, 4.69) is 84.7 Å². The van der Waals surface area contributed by atoms with Gasteiger partial charge < -0.3 is 9.47 Å². The first-order chi connectivity index (χ1) is 27.9. The molecule has 0 radical (unpaired) electrons. The summed E-state index contributed by atoms with van der Waals surface area (Å²) in [4.78, 5) is 19.2. The molecule has 0 N–H and O–H groups in total. The zero-order valence-corrected chi connectivity index (χ0v) is 32.3. The van der Waals surface area contributed by atoms with Crippen molar-refractivity contribution in [1.82, 2.24) is 24.5 Å². The van der Waals surface area contributed by atoms with Gasteiger partial charge in [-0.1, -0.05) is 82.3 Å². The van der Waals surface area contributed by atoms with Crippen LogP contribution in [0.15, 0.2) is 164 Å². The minimum absolute atomic E-state index is 0.349. The van der Waals surface area contributed by atoms with Gasteiger partial charge in [-0.05, 0) is 101 Å². The third-order valence-electron chi connectivity index (χ3n) is 10.3. The fourth-order valence-electron chi connectivity index (χ4n) is 7.55. The highest BCUT2D eigenvalue weighted by Gasteiger charge is 2.20. The van der Waals surface area contributed by atoms with Crippen LogP contribution in [0, 0.1) is 0 Å². The van der Waals surface area contributed by atoms with Gasteiger partial charge in [0.15, 0.2) is 0 Å². The smallest absolute Gasteiger partial charge is 0.234 e. The number of pyridine rings is 2. The van der Waals surface area contributed by atoms with E-state index in [1.165, 1.54) is 16.7 Å². The van der Waals surface area contributed by atoms with Crippen LogP contribution in [0.5, 0.6) is 23.0 Å². The van der Waals surface area contributed by atoms with Crippen LogP contribution in [-0.4, -0.2) is 24.5 Å². The van der Waals surface area contributed by atoms with E-state index >= 15 is 0 Å². The molecule has 57 heavy (non-hydrogen) atoms. The Morgan fingerprint density at radius 2 is 0.912 bits per heavy atom. The molecule has 0 atom stereocenters. The quantitative estimate of drug-likeness (QED) is 0.139. The van der Waals surface area contributed by atoms with Crippen LogP contribution in [0.25, 0.3) is 61.4 Å². The third kappa shape index (κ3) is 7.11. The molecule has 0 aliphatic carbocycles. The molecule has 5 aromatic carbocycles. The Balaban J connectivity index is 1.15. The van der Waals surface area contributed by atoms with Gasteiger partial charge in [0.1, 0.15) is 23.0 Å². The molecule has 0 amide bonds. The van der Waals surface area contributed by atoms with Crippen LogP contribution in [0.4, 0.5) is 0 Å². The van der Waals surface area contributed by atoms with Crippen molar-refractivity contribution in [3.63, 3.8) is 0 Å². The Morgan fingerprint density at radius 1 is 0.439 bits per heavy atom. The van der Waals surface area contributed by atoms with E-state index in [1.807, 2.05) is 109 Å². The number of benzene rings is 5. The van der Waals surface area contributed by atoms with E-state index < -0.39 is 0 Å². The molecule has 9 aromatic rings. The summed E-state index contributed by atoms with van der Waals surface area (Å²) >= 11 is 0. The number of hydrogen-bond donors (Lipinski definition) is 0. The van der Waals surface area contributed by atoms with Crippen molar-refractivity contribution in [3.8, 4) is 62.6 Å². The highest BCUT2D eigenvalue weighted by molar-refractivity contribution is 6.09. The molecular formula is C50H41N5O2. The summed E-state index contributed by atoms with van der Waals surface area (Å²) in [5, 5.41) is 2.09. The van der Waals surface area contributed by atoms with Crippen LogP contribution in [-0.2, 0) is 0 Å². The molecule has 0 saturated heterocycles. The van der Waals surface area contributed by atoms with E-state index in [0.717, 1.165) is 49.9 Å². The molecule has 0 aliphatic rings. The van der Waals surface area contributed by atoms with Gasteiger partial charge in [-0.3, -0.25) is 14.5 Å². The van der Waals surface area contributed by atoms with Crippen molar-refractivity contribution in [2.75, 3.05) is 0 Å². The summed E-state index contributed by atoms with van der Waals surface area (Å²) in [5.74, 6) is 4.07. The Kier molecular flexibility index (Phi) is 9.48. The van der Waals surface area contributed by atoms with Crippen LogP contribution in [0.2, 0.25) is 0 Å². The summed E-state index contributed by atoms with van der Waals surface area (Å²) in [6.45, 7) is 8.94. The third-order valence-corrected chi connectivity index (χ3v) is 10.3. The highest BCUT2D eigenvalue weighted by atomic mass is 16.5. The minimum atomic E-state index is 0.349. The van der Waals surface area contributed by atoms with Crippen molar-refractivity contribution < 1.29 is 9.47 Å². The predicted molar refractivity (Wildman–Crippen MR) is 229 cm³/mol. The van der Waals surface area contributed by atoms with Crippen molar-refractivity contribution in [2.45, 2.75) is 39.5 Å². The van der Waals surface area contributed by atoms with E-state index in [9.17, 15) is 0 Å². The van der Waals surface area contributed by atoms with Crippen molar-refractivity contribution in [1.29, 1.82) is 0 Å². The van der Waals surface area contributed by atoms with Crippen LogP contribution >= 0.6 is 0 Å². The number of ether oxygens (including phenoxy) is 2. The van der Waals surface area contributed by atoms with Gasteiger partial charge in [-0.2, -0.15) is 0 Å². The van der Waals surface area contributed by atoms with Gasteiger partial charge in [0.05, 0.1) is 22.4 Å². The zero-order valence-electron chi connectivity index (χ0n) is 32.3. The molecule has 4 aromatic heterocycles. The first-order valence-corrected chi connectivity index (χ1v) is 19.3. The SMILES string of the molecule is CC(C)c1cccc(C(C)C)c1-c1cnc(-n2c3cc(Oc4cccc(-c5ccccn5)c4)ccc3c3ccc(Oc4cccc(-c5ccccn5)c4)cc32)nc1. The van der Waals surface area contributed by atoms with Gasteiger partial charge in [-0.25, -0.2) is 9.97 Å². The highest BCUT2D eigenvalue weighted by Crippen LogP contribution is 2.39. The molecule has 7 heteroatoms. The monoisotopic (exact) mass is 743 g/mol. The molecule has 0 aliphatic heterocycles. The number of aromatic nitrogens is 5. The number of nitrogens with zero attached hydrogens (tertiary/aromatic N) is 5. The summed E-state index contributed by atoms with van der Waals surface area (Å²) in [6.07, 6.45) is 7.51. The second-order valence-electron chi connectivity index (χ2n) is 14.8. The van der Waals surface area contributed by atoms with Gasteiger partial charge in [-0.15, -0.1) is 0 Å². The summed E-state index contributed by atoms with van der Waals surface area (Å²) in [5.41, 5.74) is 10.4. The second-order valence-corrected chi connectivity index (χ2v) is 14.8. The van der Waals surface area contributed by atoms with Crippen LogP contribution in [0.1, 0.15) is 50.7 Å². The van der Waals surface area contributed by atoms with E-state index in [-0.39, 0.29) is 0 Å². The van der Waals surface area contributed by atoms with Gasteiger partial charge in [0.25, 0.3) is 0 Å². The molecular weight excluding hydrogens is 703 g/mol. The average Bonchev–Trinajstić information content (AvgIpc) is 3.57. The lowest BCUT2D eigenvalue weighted by molar-refractivity contribution is 0.483. The van der Waals surface area contributed by atoms with Gasteiger partial charge in [0, 0.05) is 64.4 Å². The zero-order chi connectivity index (χ0) is 38.9. The first kappa shape index (κ1) is 35.6. The topological polar surface area (TPSA) is 75.0 Å². The second kappa shape index (κ2) is 15.2. The lowest BCUT2D eigenvalue weighted by atomic mass is 9.86. The molecule has 4 heterocycles. The number of hydrogen-bond acceptors (Lipinski definition) is 6. The first-order valence-electron chi connectivity index (χ1n) is 19.3. The maximum absolute atomic E-state index is 6.52.